The molecule has 5 heteroatoms. The van der Waals surface area contributed by atoms with Crippen molar-refractivity contribution in [2.45, 2.75) is 26.2 Å². The SMILES string of the molecule is COP(=O)(OC)Oc1ccccc1C(C)(C)C. The van der Waals surface area contributed by atoms with Gasteiger partial charge in [-0.3, -0.25) is 9.05 Å². The zero-order valence-corrected chi connectivity index (χ0v) is 11.8. The summed E-state index contributed by atoms with van der Waals surface area (Å²) in [6, 6.07) is 7.43. The maximum absolute atomic E-state index is 11.9. The van der Waals surface area contributed by atoms with Crippen LogP contribution in [0.4, 0.5) is 0 Å². The molecule has 0 atom stereocenters. The molecular weight excluding hydrogens is 239 g/mol. The summed E-state index contributed by atoms with van der Waals surface area (Å²) in [5, 5.41) is 0. The van der Waals surface area contributed by atoms with Crippen molar-refractivity contribution >= 4 is 7.82 Å². The van der Waals surface area contributed by atoms with Crippen LogP contribution in [-0.4, -0.2) is 14.2 Å². The minimum absolute atomic E-state index is 0.108. The summed E-state index contributed by atoms with van der Waals surface area (Å²) >= 11 is 0. The van der Waals surface area contributed by atoms with Crippen LogP contribution in [0.3, 0.4) is 0 Å². The second kappa shape index (κ2) is 5.21. The third-order valence-electron chi connectivity index (χ3n) is 2.35. The molecule has 0 unspecified atom stereocenters. The first-order chi connectivity index (χ1) is 7.82. The van der Waals surface area contributed by atoms with Gasteiger partial charge in [-0.1, -0.05) is 39.0 Å². The van der Waals surface area contributed by atoms with E-state index in [1.165, 1.54) is 14.2 Å². The van der Waals surface area contributed by atoms with Gasteiger partial charge in [0.05, 0.1) is 0 Å². The van der Waals surface area contributed by atoms with Crippen molar-refractivity contribution in [3.8, 4) is 5.75 Å². The molecule has 0 aromatic heterocycles. The Hall–Kier alpha value is -0.830. The molecule has 0 radical (unpaired) electrons. The van der Waals surface area contributed by atoms with Gasteiger partial charge in [0, 0.05) is 19.8 Å². The molecule has 0 amide bonds. The van der Waals surface area contributed by atoms with Gasteiger partial charge in [-0.05, 0) is 11.5 Å². The van der Waals surface area contributed by atoms with Crippen LogP contribution < -0.4 is 4.52 Å². The van der Waals surface area contributed by atoms with Gasteiger partial charge in [0.2, 0.25) is 0 Å². The van der Waals surface area contributed by atoms with Crippen molar-refractivity contribution < 1.29 is 18.1 Å². The first-order valence-corrected chi connectivity index (χ1v) is 6.79. The highest BCUT2D eigenvalue weighted by Crippen LogP contribution is 2.49. The summed E-state index contributed by atoms with van der Waals surface area (Å²) in [6.07, 6.45) is 0. The first-order valence-electron chi connectivity index (χ1n) is 5.33. The van der Waals surface area contributed by atoms with E-state index in [0.717, 1.165) is 5.56 Å². The van der Waals surface area contributed by atoms with E-state index in [-0.39, 0.29) is 5.41 Å². The highest BCUT2D eigenvalue weighted by atomic mass is 31.2. The number of benzene rings is 1. The molecule has 1 aromatic rings. The minimum atomic E-state index is -3.50. The second-order valence-corrected chi connectivity index (χ2v) is 6.46. The van der Waals surface area contributed by atoms with Crippen molar-refractivity contribution in [3.05, 3.63) is 29.8 Å². The predicted molar refractivity (Wildman–Crippen MR) is 67.4 cm³/mol. The smallest absolute Gasteiger partial charge is 0.404 e. The predicted octanol–water partition coefficient (Wildman–Crippen LogP) is 3.76. The number of phosphoric acid groups is 1. The molecule has 1 rings (SSSR count). The summed E-state index contributed by atoms with van der Waals surface area (Å²) in [4.78, 5) is 0. The van der Waals surface area contributed by atoms with Crippen LogP contribution in [0.2, 0.25) is 0 Å². The summed E-state index contributed by atoms with van der Waals surface area (Å²) < 4.78 is 26.8. The Morgan fingerprint density at radius 3 is 2.06 bits per heavy atom. The topological polar surface area (TPSA) is 44.8 Å². The van der Waals surface area contributed by atoms with Crippen LogP contribution in [0.15, 0.2) is 24.3 Å². The van der Waals surface area contributed by atoms with Crippen LogP contribution in [-0.2, 0) is 19.0 Å². The van der Waals surface area contributed by atoms with Crippen molar-refractivity contribution in [1.82, 2.24) is 0 Å². The molecule has 0 saturated heterocycles. The lowest BCUT2D eigenvalue weighted by molar-refractivity contribution is 0.210. The standard InChI is InChI=1S/C12H19O4P/c1-12(2,3)10-8-6-7-9-11(10)16-17(13,14-4)15-5/h6-9H,1-5H3. The van der Waals surface area contributed by atoms with E-state index in [9.17, 15) is 4.57 Å². The molecule has 4 nitrogen and oxygen atoms in total. The quantitative estimate of drug-likeness (QED) is 0.771. The van der Waals surface area contributed by atoms with Crippen molar-refractivity contribution in [2.75, 3.05) is 14.2 Å². The van der Waals surface area contributed by atoms with Gasteiger partial charge in [-0.25, -0.2) is 4.57 Å². The highest BCUT2D eigenvalue weighted by molar-refractivity contribution is 7.48. The van der Waals surface area contributed by atoms with Crippen LogP contribution >= 0.6 is 7.82 Å². The number of rotatable bonds is 4. The van der Waals surface area contributed by atoms with Gasteiger partial charge >= 0.3 is 7.82 Å². The fourth-order valence-electron chi connectivity index (χ4n) is 1.44. The Kier molecular flexibility index (Phi) is 4.36. The monoisotopic (exact) mass is 258 g/mol. The Bertz CT molecular complexity index is 415. The van der Waals surface area contributed by atoms with E-state index in [4.69, 9.17) is 13.6 Å². The van der Waals surface area contributed by atoms with E-state index in [1.807, 2.05) is 18.2 Å². The number of hydrogen-bond acceptors (Lipinski definition) is 4. The zero-order valence-electron chi connectivity index (χ0n) is 10.9. The minimum Gasteiger partial charge on any atom is -0.404 e. The lowest BCUT2D eigenvalue weighted by Gasteiger charge is -2.24. The number of phosphoric ester groups is 1. The fourth-order valence-corrected chi connectivity index (χ4v) is 2.13. The van der Waals surface area contributed by atoms with Crippen molar-refractivity contribution in [3.63, 3.8) is 0 Å². The fraction of sp³-hybridized carbons (Fsp3) is 0.500. The van der Waals surface area contributed by atoms with Gasteiger partial charge in [0.1, 0.15) is 5.75 Å². The van der Waals surface area contributed by atoms with E-state index in [0.29, 0.717) is 5.75 Å². The maximum atomic E-state index is 11.9. The maximum Gasteiger partial charge on any atom is 0.529 e. The molecule has 17 heavy (non-hydrogen) atoms. The Balaban J connectivity index is 3.12. The molecule has 0 saturated carbocycles. The first kappa shape index (κ1) is 14.2. The third kappa shape index (κ3) is 3.56. The number of para-hydroxylation sites is 1. The molecule has 0 spiro atoms. The Morgan fingerprint density at radius 2 is 1.59 bits per heavy atom. The molecule has 0 aliphatic rings. The van der Waals surface area contributed by atoms with Gasteiger partial charge < -0.3 is 4.52 Å². The highest BCUT2D eigenvalue weighted by Gasteiger charge is 2.28. The van der Waals surface area contributed by atoms with Crippen LogP contribution in [0, 0.1) is 0 Å². The lowest BCUT2D eigenvalue weighted by Crippen LogP contribution is -2.13. The summed E-state index contributed by atoms with van der Waals surface area (Å²) in [5.74, 6) is 0.520. The van der Waals surface area contributed by atoms with Gasteiger partial charge in [-0.15, -0.1) is 0 Å². The molecule has 0 N–H and O–H groups in total. The number of hydrogen-bond donors (Lipinski definition) is 0. The summed E-state index contributed by atoms with van der Waals surface area (Å²) in [5.41, 5.74) is 0.845. The van der Waals surface area contributed by atoms with Gasteiger partial charge in [0.15, 0.2) is 0 Å². The van der Waals surface area contributed by atoms with Crippen molar-refractivity contribution in [1.29, 1.82) is 0 Å². The van der Waals surface area contributed by atoms with Gasteiger partial charge in [-0.2, -0.15) is 0 Å². The average molecular weight is 258 g/mol. The van der Waals surface area contributed by atoms with Crippen LogP contribution in [0.25, 0.3) is 0 Å². The molecule has 0 aliphatic heterocycles. The molecule has 1 aromatic carbocycles. The normalized spacial score (nSPS) is 12.5. The summed E-state index contributed by atoms with van der Waals surface area (Å²) in [7, 11) is -0.908. The molecule has 96 valence electrons. The molecular formula is C12H19O4P. The average Bonchev–Trinajstić information content (AvgIpc) is 2.28. The largest absolute Gasteiger partial charge is 0.529 e. The van der Waals surface area contributed by atoms with Crippen molar-refractivity contribution in [2.24, 2.45) is 0 Å². The Labute approximate surface area is 103 Å². The van der Waals surface area contributed by atoms with E-state index >= 15 is 0 Å². The zero-order chi connectivity index (χ0) is 13.1. The lowest BCUT2D eigenvalue weighted by atomic mass is 9.86. The Morgan fingerprint density at radius 1 is 1.06 bits per heavy atom. The molecule has 0 fully saturated rings. The van der Waals surface area contributed by atoms with Gasteiger partial charge in [0.25, 0.3) is 0 Å². The molecule has 0 aliphatic carbocycles. The second-order valence-electron chi connectivity index (χ2n) is 4.65. The van der Waals surface area contributed by atoms with Crippen LogP contribution in [0.1, 0.15) is 26.3 Å². The molecule has 0 heterocycles. The summed E-state index contributed by atoms with van der Waals surface area (Å²) in [6.45, 7) is 6.17. The van der Waals surface area contributed by atoms with Crippen LogP contribution in [0.5, 0.6) is 5.75 Å². The van der Waals surface area contributed by atoms with E-state index in [1.54, 1.807) is 6.07 Å². The third-order valence-corrected chi connectivity index (χ3v) is 3.67. The van der Waals surface area contributed by atoms with E-state index in [2.05, 4.69) is 20.8 Å². The van der Waals surface area contributed by atoms with E-state index < -0.39 is 7.82 Å². The molecule has 0 bridgehead atoms.